The summed E-state index contributed by atoms with van der Waals surface area (Å²) in [6, 6.07) is 5.43. The number of aromatic amines is 1. The van der Waals surface area contributed by atoms with Crippen LogP contribution in [0.4, 0.5) is 5.95 Å². The molecule has 0 spiro atoms. The molecule has 21 heavy (non-hydrogen) atoms. The van der Waals surface area contributed by atoms with Crippen LogP contribution in [0.15, 0.2) is 22.7 Å². The number of hydrogen-bond donors (Lipinski definition) is 3. The fourth-order valence-electron chi connectivity index (χ4n) is 2.50. The average molecular weight is 352 g/mol. The first-order valence-corrected chi connectivity index (χ1v) is 7.75. The zero-order valence-electron chi connectivity index (χ0n) is 11.8. The van der Waals surface area contributed by atoms with Gasteiger partial charge in [0.05, 0.1) is 5.56 Å². The maximum atomic E-state index is 9.99. The van der Waals surface area contributed by atoms with Crippen LogP contribution >= 0.6 is 15.9 Å². The normalized spacial score (nSPS) is 22.5. The number of nitrogens with zero attached hydrogens (tertiary/aromatic N) is 3. The van der Waals surface area contributed by atoms with E-state index in [0.29, 0.717) is 23.3 Å². The Hall–Kier alpha value is -1.60. The highest BCUT2D eigenvalue weighted by Gasteiger charge is 2.25. The van der Waals surface area contributed by atoms with Crippen molar-refractivity contribution in [3.05, 3.63) is 22.7 Å². The lowest BCUT2D eigenvalue weighted by molar-refractivity contribution is 0.376. The van der Waals surface area contributed by atoms with Gasteiger partial charge in [0.15, 0.2) is 5.82 Å². The topological polar surface area (TPSA) is 91.1 Å². The maximum absolute atomic E-state index is 9.99. The molecule has 0 amide bonds. The lowest BCUT2D eigenvalue weighted by atomic mass is 9.95. The van der Waals surface area contributed by atoms with Gasteiger partial charge < -0.3 is 15.7 Å². The van der Waals surface area contributed by atoms with E-state index in [4.69, 9.17) is 5.73 Å². The molecule has 1 aliphatic rings. The molecule has 7 heteroatoms. The monoisotopic (exact) mass is 351 g/mol. The van der Waals surface area contributed by atoms with E-state index in [9.17, 15) is 5.11 Å². The number of aromatic nitrogens is 3. The van der Waals surface area contributed by atoms with Gasteiger partial charge in [0.2, 0.25) is 5.95 Å². The van der Waals surface area contributed by atoms with E-state index in [1.165, 1.54) is 0 Å². The van der Waals surface area contributed by atoms with Gasteiger partial charge in [-0.1, -0.05) is 22.9 Å². The molecule has 0 saturated carbocycles. The van der Waals surface area contributed by atoms with Gasteiger partial charge in [-0.25, -0.2) is 0 Å². The molecule has 6 nitrogen and oxygen atoms in total. The molecule has 2 heterocycles. The molecule has 2 atom stereocenters. The molecule has 2 aromatic rings. The minimum atomic E-state index is 0.141. The molecule has 2 unspecified atom stereocenters. The zero-order chi connectivity index (χ0) is 15.0. The third kappa shape index (κ3) is 2.89. The van der Waals surface area contributed by atoms with Crippen LogP contribution in [0, 0.1) is 5.92 Å². The lowest BCUT2D eigenvalue weighted by Crippen LogP contribution is -2.48. The first-order chi connectivity index (χ1) is 10.0. The molecule has 0 aliphatic carbocycles. The average Bonchev–Trinajstić information content (AvgIpc) is 2.91. The molecule has 1 aromatic heterocycles. The lowest BCUT2D eigenvalue weighted by Gasteiger charge is -2.34. The summed E-state index contributed by atoms with van der Waals surface area (Å²) in [5.74, 6) is 1.88. The van der Waals surface area contributed by atoms with Crippen LogP contribution in [0.5, 0.6) is 5.75 Å². The van der Waals surface area contributed by atoms with Crippen LogP contribution in [0.1, 0.15) is 13.3 Å². The zero-order valence-corrected chi connectivity index (χ0v) is 13.3. The van der Waals surface area contributed by atoms with Crippen LogP contribution < -0.4 is 10.6 Å². The fourth-order valence-corrected chi connectivity index (χ4v) is 2.85. The molecule has 3 rings (SSSR count). The minimum Gasteiger partial charge on any atom is -0.507 e. The Morgan fingerprint density at radius 2 is 2.29 bits per heavy atom. The van der Waals surface area contributed by atoms with Gasteiger partial charge in [0, 0.05) is 23.6 Å². The molecule has 0 bridgehead atoms. The first-order valence-electron chi connectivity index (χ1n) is 6.96. The third-order valence-corrected chi connectivity index (χ3v) is 4.48. The number of anilines is 1. The Morgan fingerprint density at radius 1 is 1.48 bits per heavy atom. The van der Waals surface area contributed by atoms with Gasteiger partial charge in [-0.2, -0.15) is 4.98 Å². The quantitative estimate of drug-likeness (QED) is 0.770. The molecule has 112 valence electrons. The molecule has 0 radical (unpaired) electrons. The molecule has 1 aromatic carbocycles. The van der Waals surface area contributed by atoms with Gasteiger partial charge in [-0.05, 0) is 30.5 Å². The molecule has 4 N–H and O–H groups in total. The van der Waals surface area contributed by atoms with E-state index >= 15 is 0 Å². The Kier molecular flexibility index (Phi) is 3.86. The van der Waals surface area contributed by atoms with Gasteiger partial charge in [0.25, 0.3) is 0 Å². The highest BCUT2D eigenvalue weighted by Crippen LogP contribution is 2.30. The number of nitrogens with one attached hydrogen (secondary N) is 1. The van der Waals surface area contributed by atoms with E-state index in [0.717, 1.165) is 24.0 Å². The summed E-state index contributed by atoms with van der Waals surface area (Å²) >= 11 is 3.32. The van der Waals surface area contributed by atoms with Crippen molar-refractivity contribution in [3.63, 3.8) is 0 Å². The maximum Gasteiger partial charge on any atom is 0.245 e. The Bertz CT molecular complexity index is 644. The van der Waals surface area contributed by atoms with Gasteiger partial charge in [0.1, 0.15) is 5.75 Å². The highest BCUT2D eigenvalue weighted by atomic mass is 79.9. The highest BCUT2D eigenvalue weighted by molar-refractivity contribution is 9.10. The van der Waals surface area contributed by atoms with Gasteiger partial charge in [-0.3, -0.25) is 5.10 Å². The number of H-pyrrole nitrogens is 1. The molecule has 1 aliphatic heterocycles. The van der Waals surface area contributed by atoms with Crippen molar-refractivity contribution in [2.45, 2.75) is 19.4 Å². The summed E-state index contributed by atoms with van der Waals surface area (Å²) in [5, 5.41) is 17.1. The summed E-state index contributed by atoms with van der Waals surface area (Å²) < 4.78 is 0.819. The molecular formula is C14H18BrN5O. The second kappa shape index (κ2) is 5.65. The summed E-state index contributed by atoms with van der Waals surface area (Å²) in [6.45, 7) is 3.83. The van der Waals surface area contributed by atoms with Gasteiger partial charge in [-0.15, -0.1) is 5.10 Å². The van der Waals surface area contributed by atoms with Crippen molar-refractivity contribution >= 4 is 21.9 Å². The van der Waals surface area contributed by atoms with E-state index in [1.54, 1.807) is 12.1 Å². The van der Waals surface area contributed by atoms with E-state index in [1.807, 2.05) is 6.07 Å². The molecule has 1 fully saturated rings. The largest absolute Gasteiger partial charge is 0.507 e. The summed E-state index contributed by atoms with van der Waals surface area (Å²) in [5.41, 5.74) is 6.74. The third-order valence-electron chi connectivity index (χ3n) is 3.99. The SMILES string of the molecule is CC1CCN(c2n[nH]c(-c3ccc(Br)cc3O)n2)CC1N. The number of hydrogen-bond acceptors (Lipinski definition) is 5. The minimum absolute atomic E-state index is 0.141. The predicted octanol–water partition coefficient (Wildman–Crippen LogP) is 2.11. The summed E-state index contributed by atoms with van der Waals surface area (Å²) in [7, 11) is 0. The van der Waals surface area contributed by atoms with Crippen molar-refractivity contribution < 1.29 is 5.11 Å². The Morgan fingerprint density at radius 3 is 3.00 bits per heavy atom. The number of nitrogens with two attached hydrogens (primary N) is 1. The molecular weight excluding hydrogens is 334 g/mol. The summed E-state index contributed by atoms with van der Waals surface area (Å²) in [6.07, 6.45) is 1.04. The number of phenolic OH excluding ortho intramolecular Hbond substituents is 1. The molecule has 1 saturated heterocycles. The smallest absolute Gasteiger partial charge is 0.245 e. The first kappa shape index (κ1) is 14.3. The van der Waals surface area contributed by atoms with Crippen molar-refractivity contribution in [2.75, 3.05) is 18.0 Å². The van der Waals surface area contributed by atoms with Crippen molar-refractivity contribution in [3.8, 4) is 17.1 Å². The number of aromatic hydroxyl groups is 1. The number of rotatable bonds is 2. The fraction of sp³-hybridized carbons (Fsp3) is 0.429. The van der Waals surface area contributed by atoms with Gasteiger partial charge >= 0.3 is 0 Å². The van der Waals surface area contributed by atoms with Crippen LogP contribution in [0.2, 0.25) is 0 Å². The van der Waals surface area contributed by atoms with E-state index < -0.39 is 0 Å². The standard InChI is InChI=1S/C14H18BrN5O/c1-8-4-5-20(7-11(8)16)14-17-13(18-19-14)10-3-2-9(15)6-12(10)21/h2-3,6,8,11,21H,4-5,7,16H2,1H3,(H,17,18,19). The Labute approximate surface area is 131 Å². The van der Waals surface area contributed by atoms with E-state index in [2.05, 4.69) is 42.9 Å². The second-order valence-corrected chi connectivity index (χ2v) is 6.44. The van der Waals surface area contributed by atoms with Crippen molar-refractivity contribution in [2.24, 2.45) is 11.7 Å². The van der Waals surface area contributed by atoms with Crippen LogP contribution in [0.3, 0.4) is 0 Å². The predicted molar refractivity (Wildman–Crippen MR) is 85.2 cm³/mol. The van der Waals surface area contributed by atoms with Crippen molar-refractivity contribution in [1.82, 2.24) is 15.2 Å². The number of benzene rings is 1. The number of piperidine rings is 1. The second-order valence-electron chi connectivity index (χ2n) is 5.52. The van der Waals surface area contributed by atoms with E-state index in [-0.39, 0.29) is 11.8 Å². The van der Waals surface area contributed by atoms with Crippen molar-refractivity contribution in [1.29, 1.82) is 0 Å². The van der Waals surface area contributed by atoms with Crippen LogP contribution in [-0.4, -0.2) is 39.4 Å². The van der Waals surface area contributed by atoms with Crippen LogP contribution in [0.25, 0.3) is 11.4 Å². The number of phenols is 1. The number of halogens is 1. The summed E-state index contributed by atoms with van der Waals surface area (Å²) in [4.78, 5) is 6.57. The van der Waals surface area contributed by atoms with Crippen LogP contribution in [-0.2, 0) is 0 Å². The Balaban J connectivity index is 1.83.